The predicted molar refractivity (Wildman–Crippen MR) is 64.9 cm³/mol. The molecule has 0 aromatic carbocycles. The Labute approximate surface area is 97.7 Å². The van der Waals surface area contributed by atoms with Crippen molar-refractivity contribution in [2.24, 2.45) is 5.73 Å². The molecule has 3 N–H and O–H groups in total. The van der Waals surface area contributed by atoms with Crippen LogP contribution in [-0.2, 0) is 11.3 Å². The first-order valence-electron chi connectivity index (χ1n) is 4.63. The molecule has 84 valence electrons. The van der Waals surface area contributed by atoms with Crippen LogP contribution in [0.4, 0.5) is 0 Å². The van der Waals surface area contributed by atoms with Gasteiger partial charge in [0.25, 0.3) is 0 Å². The van der Waals surface area contributed by atoms with E-state index in [9.17, 15) is 4.79 Å². The largest absolute Gasteiger partial charge is 0.350 e. The number of nitrogens with two attached hydrogens (primary N) is 1. The molecule has 0 unspecified atom stereocenters. The molecule has 1 rings (SSSR count). The van der Waals surface area contributed by atoms with Gasteiger partial charge in [0.05, 0.1) is 18.1 Å². The predicted octanol–water partition coefficient (Wildman–Crippen LogP) is 0.840. The molecule has 0 spiro atoms. The number of hydrogen-bond acceptors (Lipinski definition) is 5. The van der Waals surface area contributed by atoms with Gasteiger partial charge in [-0.3, -0.25) is 9.78 Å². The summed E-state index contributed by atoms with van der Waals surface area (Å²) in [5, 5.41) is 2.79. The maximum atomic E-state index is 11.5. The van der Waals surface area contributed by atoms with E-state index in [0.29, 0.717) is 6.54 Å². The summed E-state index contributed by atoms with van der Waals surface area (Å²) in [7, 11) is 0. The molecule has 0 radical (unpaired) electrons. The highest BCUT2D eigenvalue weighted by atomic mass is 32.2. The van der Waals surface area contributed by atoms with Gasteiger partial charge in [-0.2, -0.15) is 11.8 Å². The van der Waals surface area contributed by atoms with Gasteiger partial charge in [-0.15, -0.1) is 11.3 Å². The van der Waals surface area contributed by atoms with E-state index in [0.717, 1.165) is 17.1 Å². The normalized spacial score (nSPS) is 12.4. The average Bonchev–Trinajstić information content (AvgIpc) is 2.75. The molecular formula is C9H15N3OS2. The van der Waals surface area contributed by atoms with Crippen LogP contribution in [0.5, 0.6) is 0 Å². The number of hydrogen-bond donors (Lipinski definition) is 2. The van der Waals surface area contributed by atoms with Gasteiger partial charge in [-0.1, -0.05) is 0 Å². The highest BCUT2D eigenvalue weighted by Gasteiger charge is 2.12. The van der Waals surface area contributed by atoms with E-state index in [-0.39, 0.29) is 5.91 Å². The molecule has 6 heteroatoms. The van der Waals surface area contributed by atoms with Gasteiger partial charge in [0.2, 0.25) is 5.91 Å². The molecule has 15 heavy (non-hydrogen) atoms. The maximum absolute atomic E-state index is 11.5. The fraction of sp³-hybridized carbons (Fsp3) is 0.556. The Hall–Kier alpha value is -0.590. The van der Waals surface area contributed by atoms with E-state index in [4.69, 9.17) is 5.73 Å². The highest BCUT2D eigenvalue weighted by Crippen LogP contribution is 2.04. The Kier molecular flexibility index (Phi) is 5.67. The summed E-state index contributed by atoms with van der Waals surface area (Å²) in [4.78, 5) is 16.5. The molecule has 1 amide bonds. The van der Waals surface area contributed by atoms with Crippen molar-refractivity contribution < 1.29 is 4.79 Å². The molecule has 0 aliphatic carbocycles. The molecule has 1 atom stereocenters. The topological polar surface area (TPSA) is 68.0 Å². The molecule has 0 aliphatic rings. The Morgan fingerprint density at radius 1 is 1.80 bits per heavy atom. The first-order chi connectivity index (χ1) is 7.24. The lowest BCUT2D eigenvalue weighted by atomic mass is 10.2. The number of thioether (sulfide) groups is 1. The highest BCUT2D eigenvalue weighted by molar-refractivity contribution is 7.98. The number of nitrogens with one attached hydrogen (secondary N) is 1. The van der Waals surface area contributed by atoms with Gasteiger partial charge >= 0.3 is 0 Å². The third-order valence-corrected chi connectivity index (χ3v) is 3.31. The quantitative estimate of drug-likeness (QED) is 0.779. The monoisotopic (exact) mass is 245 g/mol. The Bertz CT molecular complexity index is 290. The molecule has 1 heterocycles. The maximum Gasteiger partial charge on any atom is 0.237 e. The van der Waals surface area contributed by atoms with Crippen molar-refractivity contribution in [2.45, 2.75) is 19.0 Å². The van der Waals surface area contributed by atoms with Crippen LogP contribution in [0.1, 0.15) is 11.3 Å². The van der Waals surface area contributed by atoms with E-state index in [2.05, 4.69) is 10.3 Å². The van der Waals surface area contributed by atoms with Crippen molar-refractivity contribution in [3.63, 3.8) is 0 Å². The van der Waals surface area contributed by atoms with Gasteiger partial charge in [-0.05, 0) is 18.4 Å². The summed E-state index contributed by atoms with van der Waals surface area (Å²) in [6, 6.07) is -0.398. The first kappa shape index (κ1) is 12.5. The van der Waals surface area contributed by atoms with Gasteiger partial charge in [0.15, 0.2) is 0 Å². The second-order valence-electron chi connectivity index (χ2n) is 3.07. The smallest absolute Gasteiger partial charge is 0.237 e. The molecule has 0 aliphatic heterocycles. The Morgan fingerprint density at radius 2 is 2.60 bits per heavy atom. The second-order valence-corrected chi connectivity index (χ2v) is 5.03. The molecule has 1 aromatic rings. The van der Waals surface area contributed by atoms with E-state index in [1.807, 2.05) is 6.26 Å². The minimum absolute atomic E-state index is 0.0857. The van der Waals surface area contributed by atoms with Crippen LogP contribution in [0.3, 0.4) is 0 Å². The Morgan fingerprint density at radius 3 is 3.20 bits per heavy atom. The summed E-state index contributed by atoms with van der Waals surface area (Å²) in [6.45, 7) is 0.524. The van der Waals surface area contributed by atoms with Crippen LogP contribution < -0.4 is 11.1 Å². The van der Waals surface area contributed by atoms with Crippen molar-refractivity contribution in [3.05, 3.63) is 16.6 Å². The zero-order valence-electron chi connectivity index (χ0n) is 8.60. The van der Waals surface area contributed by atoms with Crippen LogP contribution in [0, 0.1) is 0 Å². The number of thiazole rings is 1. The minimum atomic E-state index is -0.398. The van der Waals surface area contributed by atoms with Crippen LogP contribution in [0.2, 0.25) is 0 Å². The SMILES string of the molecule is CSCC[C@H](N)C(=O)NCc1cncs1. The van der Waals surface area contributed by atoms with Crippen molar-refractivity contribution in [1.29, 1.82) is 0 Å². The zero-order valence-corrected chi connectivity index (χ0v) is 10.2. The van der Waals surface area contributed by atoms with Crippen LogP contribution >= 0.6 is 23.1 Å². The van der Waals surface area contributed by atoms with Crippen molar-refractivity contribution in [1.82, 2.24) is 10.3 Å². The minimum Gasteiger partial charge on any atom is -0.350 e. The lowest BCUT2D eigenvalue weighted by molar-refractivity contribution is -0.122. The molecule has 0 saturated carbocycles. The molecule has 1 aromatic heterocycles. The zero-order chi connectivity index (χ0) is 11.1. The molecule has 4 nitrogen and oxygen atoms in total. The third-order valence-electron chi connectivity index (χ3n) is 1.89. The van der Waals surface area contributed by atoms with Crippen LogP contribution in [0.25, 0.3) is 0 Å². The second kappa shape index (κ2) is 6.81. The number of carbonyl (C=O) groups is 1. The summed E-state index contributed by atoms with van der Waals surface area (Å²) in [6.07, 6.45) is 4.47. The van der Waals surface area contributed by atoms with Crippen LogP contribution in [-0.4, -0.2) is 28.9 Å². The summed E-state index contributed by atoms with van der Waals surface area (Å²) >= 11 is 3.22. The number of amides is 1. The number of nitrogens with zero attached hydrogens (tertiary/aromatic N) is 1. The summed E-state index contributed by atoms with van der Waals surface area (Å²) in [5.41, 5.74) is 7.45. The van der Waals surface area contributed by atoms with E-state index < -0.39 is 6.04 Å². The van der Waals surface area contributed by atoms with E-state index >= 15 is 0 Å². The van der Waals surface area contributed by atoms with E-state index in [1.165, 1.54) is 11.3 Å². The molecule has 0 bridgehead atoms. The Balaban J connectivity index is 2.23. The summed E-state index contributed by atoms with van der Waals surface area (Å²) < 4.78 is 0. The number of rotatable bonds is 6. The van der Waals surface area contributed by atoms with Crippen molar-refractivity contribution in [2.75, 3.05) is 12.0 Å². The molecule has 0 saturated heterocycles. The van der Waals surface area contributed by atoms with E-state index in [1.54, 1.807) is 23.5 Å². The fourth-order valence-electron chi connectivity index (χ4n) is 1.01. The summed E-state index contributed by atoms with van der Waals surface area (Å²) in [5.74, 6) is 0.826. The average molecular weight is 245 g/mol. The van der Waals surface area contributed by atoms with Gasteiger partial charge in [-0.25, -0.2) is 0 Å². The number of aromatic nitrogens is 1. The third kappa shape index (κ3) is 4.63. The van der Waals surface area contributed by atoms with Gasteiger partial charge < -0.3 is 11.1 Å². The van der Waals surface area contributed by atoms with Gasteiger partial charge in [0, 0.05) is 11.1 Å². The van der Waals surface area contributed by atoms with Crippen molar-refractivity contribution >= 4 is 29.0 Å². The molecule has 0 fully saturated rings. The fourth-order valence-corrected chi connectivity index (χ4v) is 2.03. The lowest BCUT2D eigenvalue weighted by Gasteiger charge is -2.10. The van der Waals surface area contributed by atoms with Gasteiger partial charge in [0.1, 0.15) is 0 Å². The standard InChI is InChI=1S/C9H15N3OS2/c1-14-3-2-8(10)9(13)12-5-7-4-11-6-15-7/h4,6,8H,2-3,5,10H2,1H3,(H,12,13)/t8-/m0/s1. The molecular weight excluding hydrogens is 230 g/mol. The van der Waals surface area contributed by atoms with Crippen LogP contribution in [0.15, 0.2) is 11.7 Å². The lowest BCUT2D eigenvalue weighted by Crippen LogP contribution is -2.40. The number of carbonyl (C=O) groups excluding carboxylic acids is 1. The first-order valence-corrected chi connectivity index (χ1v) is 6.91. The van der Waals surface area contributed by atoms with Crippen molar-refractivity contribution in [3.8, 4) is 0 Å².